The van der Waals surface area contributed by atoms with Gasteiger partial charge in [0.05, 0.1) is 14.2 Å². The normalized spacial score (nSPS) is 13.7. The van der Waals surface area contributed by atoms with Crippen molar-refractivity contribution in [3.63, 3.8) is 0 Å². The van der Waals surface area contributed by atoms with E-state index in [0.29, 0.717) is 55.5 Å². The quantitative estimate of drug-likeness (QED) is 0.617. The lowest BCUT2D eigenvalue weighted by Crippen LogP contribution is -2.49. The van der Waals surface area contributed by atoms with Crippen LogP contribution in [0, 0.1) is 0 Å². The van der Waals surface area contributed by atoms with Gasteiger partial charge in [-0.25, -0.2) is 9.97 Å². The number of ether oxygens (including phenoxy) is 2. The highest BCUT2D eigenvalue weighted by molar-refractivity contribution is 5.95. The van der Waals surface area contributed by atoms with Crippen molar-refractivity contribution in [2.45, 2.75) is 13.3 Å². The summed E-state index contributed by atoms with van der Waals surface area (Å²) in [6.45, 7) is 4.48. The first-order valence-electron chi connectivity index (χ1n) is 10.8. The lowest BCUT2D eigenvalue weighted by atomic mass is 10.1. The molecule has 2 aromatic heterocycles. The van der Waals surface area contributed by atoms with E-state index in [4.69, 9.17) is 9.47 Å². The van der Waals surface area contributed by atoms with E-state index < -0.39 is 0 Å². The number of H-pyrrole nitrogens is 1. The predicted molar refractivity (Wildman–Crippen MR) is 125 cm³/mol. The molecule has 0 radical (unpaired) electrons. The summed E-state index contributed by atoms with van der Waals surface area (Å²) < 4.78 is 10.6. The van der Waals surface area contributed by atoms with Gasteiger partial charge in [-0.15, -0.1) is 0 Å². The number of aromatic nitrogens is 3. The summed E-state index contributed by atoms with van der Waals surface area (Å²) in [6, 6.07) is 10.5. The number of piperazine rings is 1. The van der Waals surface area contributed by atoms with E-state index in [9.17, 15) is 9.59 Å². The molecule has 0 bridgehead atoms. The topological polar surface area (TPSA) is 101 Å². The van der Waals surface area contributed by atoms with Gasteiger partial charge in [-0.2, -0.15) is 0 Å². The summed E-state index contributed by atoms with van der Waals surface area (Å²) in [5.74, 6) is 2.43. The van der Waals surface area contributed by atoms with E-state index in [1.165, 1.54) is 6.07 Å². The van der Waals surface area contributed by atoms with E-state index in [2.05, 4.69) is 19.9 Å². The zero-order valence-electron chi connectivity index (χ0n) is 19.0. The first kappa shape index (κ1) is 22.3. The molecule has 0 spiro atoms. The predicted octanol–water partition coefficient (Wildman–Crippen LogP) is 2.37. The Bertz CT molecular complexity index is 1180. The third-order valence-electron chi connectivity index (χ3n) is 5.70. The Morgan fingerprint density at radius 2 is 1.79 bits per heavy atom. The van der Waals surface area contributed by atoms with E-state index in [1.807, 2.05) is 24.0 Å². The van der Waals surface area contributed by atoms with Gasteiger partial charge in [-0.3, -0.25) is 9.59 Å². The van der Waals surface area contributed by atoms with Crippen LogP contribution in [-0.4, -0.2) is 66.2 Å². The van der Waals surface area contributed by atoms with E-state index >= 15 is 0 Å². The lowest BCUT2D eigenvalue weighted by Gasteiger charge is -2.35. The van der Waals surface area contributed by atoms with E-state index in [-0.39, 0.29) is 11.5 Å². The molecule has 1 aliphatic heterocycles. The van der Waals surface area contributed by atoms with Gasteiger partial charge < -0.3 is 24.3 Å². The summed E-state index contributed by atoms with van der Waals surface area (Å²) in [5, 5.41) is 0. The van der Waals surface area contributed by atoms with Crippen molar-refractivity contribution in [2.24, 2.45) is 0 Å². The Kier molecular flexibility index (Phi) is 6.58. The molecule has 33 heavy (non-hydrogen) atoms. The Morgan fingerprint density at radius 3 is 2.42 bits per heavy atom. The Labute approximate surface area is 192 Å². The standard InChI is InChI=1S/C24H27N5O4/c1-4-18-14-22(30)27-23(26-18)17-6-8-21(25-15-17)28-9-11-29(12-10-28)24(31)16-5-7-19(32-2)20(13-16)33-3/h5-8,13-15H,4,9-12H2,1-3H3,(H,26,27,30). The maximum atomic E-state index is 13.0. The molecular formula is C24H27N5O4. The first-order chi connectivity index (χ1) is 16.0. The van der Waals surface area contributed by atoms with Crippen LogP contribution in [0.4, 0.5) is 5.82 Å². The van der Waals surface area contributed by atoms with Gasteiger partial charge in [0.15, 0.2) is 11.5 Å². The Morgan fingerprint density at radius 1 is 1.03 bits per heavy atom. The number of nitrogens with one attached hydrogen (secondary N) is 1. The van der Waals surface area contributed by atoms with Crippen molar-refractivity contribution < 1.29 is 14.3 Å². The molecule has 1 amide bonds. The molecule has 1 aromatic carbocycles. The number of anilines is 1. The number of aryl methyl sites for hydroxylation is 1. The van der Waals surface area contributed by atoms with Gasteiger partial charge >= 0.3 is 0 Å². The highest BCUT2D eigenvalue weighted by atomic mass is 16.5. The second kappa shape index (κ2) is 9.72. The zero-order chi connectivity index (χ0) is 23.4. The molecular weight excluding hydrogens is 422 g/mol. The van der Waals surface area contributed by atoms with Gasteiger partial charge in [-0.05, 0) is 36.8 Å². The summed E-state index contributed by atoms with van der Waals surface area (Å²) in [6.07, 6.45) is 2.41. The number of amides is 1. The molecule has 9 heteroatoms. The van der Waals surface area contributed by atoms with Gasteiger partial charge in [0.1, 0.15) is 11.6 Å². The monoisotopic (exact) mass is 449 g/mol. The van der Waals surface area contributed by atoms with Crippen molar-refractivity contribution in [3.8, 4) is 22.9 Å². The highest BCUT2D eigenvalue weighted by Crippen LogP contribution is 2.28. The van der Waals surface area contributed by atoms with Crippen LogP contribution < -0.4 is 19.9 Å². The fourth-order valence-electron chi connectivity index (χ4n) is 3.83. The molecule has 0 unspecified atom stereocenters. The average Bonchev–Trinajstić information content (AvgIpc) is 2.87. The molecule has 1 saturated heterocycles. The van der Waals surface area contributed by atoms with Crippen LogP contribution in [0.1, 0.15) is 23.0 Å². The van der Waals surface area contributed by atoms with E-state index in [0.717, 1.165) is 17.1 Å². The zero-order valence-corrected chi connectivity index (χ0v) is 19.0. The van der Waals surface area contributed by atoms with Crippen molar-refractivity contribution in [3.05, 3.63) is 64.2 Å². The summed E-state index contributed by atoms with van der Waals surface area (Å²) >= 11 is 0. The van der Waals surface area contributed by atoms with Crippen LogP contribution in [0.25, 0.3) is 11.4 Å². The number of carbonyl (C=O) groups excluding carboxylic acids is 1. The number of methoxy groups -OCH3 is 2. The maximum Gasteiger partial charge on any atom is 0.254 e. The first-order valence-corrected chi connectivity index (χ1v) is 10.8. The van der Waals surface area contributed by atoms with Crippen LogP contribution in [0.5, 0.6) is 11.5 Å². The van der Waals surface area contributed by atoms with Crippen LogP contribution in [0.3, 0.4) is 0 Å². The number of hydrogen-bond donors (Lipinski definition) is 1. The van der Waals surface area contributed by atoms with E-state index in [1.54, 1.807) is 38.6 Å². The average molecular weight is 450 g/mol. The SMILES string of the molecule is CCc1cc(=O)[nH]c(-c2ccc(N3CCN(C(=O)c4ccc(OC)c(OC)c4)CC3)nc2)n1. The Balaban J connectivity index is 1.41. The van der Waals surface area contributed by atoms with Crippen molar-refractivity contribution in [1.29, 1.82) is 0 Å². The minimum Gasteiger partial charge on any atom is -0.493 e. The molecule has 172 valence electrons. The molecule has 4 rings (SSSR count). The molecule has 0 atom stereocenters. The molecule has 1 fully saturated rings. The molecule has 0 aliphatic carbocycles. The highest BCUT2D eigenvalue weighted by Gasteiger charge is 2.24. The third-order valence-corrected chi connectivity index (χ3v) is 5.70. The number of nitrogens with zero attached hydrogens (tertiary/aromatic N) is 4. The van der Waals surface area contributed by atoms with Crippen LogP contribution in [0.2, 0.25) is 0 Å². The Hall–Kier alpha value is -3.88. The molecule has 9 nitrogen and oxygen atoms in total. The lowest BCUT2D eigenvalue weighted by molar-refractivity contribution is 0.0746. The summed E-state index contributed by atoms with van der Waals surface area (Å²) in [7, 11) is 3.12. The maximum absolute atomic E-state index is 13.0. The number of rotatable bonds is 6. The van der Waals surface area contributed by atoms with Crippen LogP contribution >= 0.6 is 0 Å². The minimum absolute atomic E-state index is 0.0373. The van der Waals surface area contributed by atoms with Crippen molar-refractivity contribution in [2.75, 3.05) is 45.3 Å². The molecule has 3 aromatic rings. The molecule has 1 aliphatic rings. The largest absolute Gasteiger partial charge is 0.493 e. The summed E-state index contributed by atoms with van der Waals surface area (Å²) in [5.41, 5.74) is 1.90. The van der Waals surface area contributed by atoms with Gasteiger partial charge in [0, 0.05) is 55.3 Å². The summed E-state index contributed by atoms with van der Waals surface area (Å²) in [4.78, 5) is 40.6. The van der Waals surface area contributed by atoms with Crippen LogP contribution in [0.15, 0.2) is 47.4 Å². The third kappa shape index (κ3) is 4.82. The van der Waals surface area contributed by atoms with Crippen LogP contribution in [-0.2, 0) is 6.42 Å². The fraction of sp³-hybridized carbons (Fsp3) is 0.333. The smallest absolute Gasteiger partial charge is 0.254 e. The number of pyridine rings is 1. The molecule has 3 heterocycles. The molecule has 0 saturated carbocycles. The van der Waals surface area contributed by atoms with Crippen molar-refractivity contribution in [1.82, 2.24) is 19.9 Å². The second-order valence-electron chi connectivity index (χ2n) is 7.69. The van der Waals surface area contributed by atoms with Gasteiger partial charge in [0.2, 0.25) is 0 Å². The van der Waals surface area contributed by atoms with Gasteiger partial charge in [0.25, 0.3) is 11.5 Å². The number of benzene rings is 1. The van der Waals surface area contributed by atoms with Crippen molar-refractivity contribution >= 4 is 11.7 Å². The number of hydrogen-bond acceptors (Lipinski definition) is 7. The van der Waals surface area contributed by atoms with Gasteiger partial charge in [-0.1, -0.05) is 6.92 Å². The minimum atomic E-state index is -0.170. The molecule has 1 N–H and O–H groups in total. The number of carbonyl (C=O) groups is 1. The second-order valence-corrected chi connectivity index (χ2v) is 7.69. The fourth-order valence-corrected chi connectivity index (χ4v) is 3.83. The number of aromatic amines is 1.